The molecule has 5 nitrogen and oxygen atoms in total. The summed E-state index contributed by atoms with van der Waals surface area (Å²) in [6, 6.07) is 0. The summed E-state index contributed by atoms with van der Waals surface area (Å²) in [5, 5.41) is 6.58. The van der Waals surface area contributed by atoms with Gasteiger partial charge in [-0.2, -0.15) is 0 Å². The summed E-state index contributed by atoms with van der Waals surface area (Å²) < 4.78 is 10.4. The van der Waals surface area contributed by atoms with E-state index in [1.165, 1.54) is 6.42 Å². The minimum Gasteiger partial charge on any atom is -0.385 e. The van der Waals surface area contributed by atoms with Gasteiger partial charge in [0.1, 0.15) is 0 Å². The van der Waals surface area contributed by atoms with Gasteiger partial charge in [0.15, 0.2) is 5.96 Å². The average Bonchev–Trinajstić information content (AvgIpc) is 2.40. The second-order valence-electron chi connectivity index (χ2n) is 5.14. The molecular weight excluding hydrogens is 369 g/mol. The molecule has 0 saturated heterocycles. The molecule has 0 atom stereocenters. The fraction of sp³-hybridized carbons (Fsp3) is 0.929. The highest BCUT2D eigenvalue weighted by molar-refractivity contribution is 14.0. The molecule has 0 fully saturated rings. The zero-order valence-corrected chi connectivity index (χ0v) is 16.0. The van der Waals surface area contributed by atoms with Gasteiger partial charge in [-0.1, -0.05) is 0 Å². The van der Waals surface area contributed by atoms with Crippen LogP contribution in [0.2, 0.25) is 0 Å². The molecule has 0 amide bonds. The van der Waals surface area contributed by atoms with Crippen LogP contribution < -0.4 is 10.6 Å². The maximum Gasteiger partial charge on any atom is 0.191 e. The highest BCUT2D eigenvalue weighted by atomic mass is 127. The van der Waals surface area contributed by atoms with Gasteiger partial charge in [0.2, 0.25) is 0 Å². The molecule has 0 radical (unpaired) electrons. The maximum atomic E-state index is 5.36. The van der Waals surface area contributed by atoms with Crippen LogP contribution >= 0.6 is 24.0 Å². The smallest absolute Gasteiger partial charge is 0.191 e. The number of hydrogen-bond acceptors (Lipinski definition) is 3. The second kappa shape index (κ2) is 13.9. The van der Waals surface area contributed by atoms with Crippen molar-refractivity contribution in [2.24, 2.45) is 4.99 Å². The quantitative estimate of drug-likeness (QED) is 0.256. The zero-order valence-electron chi connectivity index (χ0n) is 13.6. The molecule has 0 aromatic rings. The van der Waals surface area contributed by atoms with E-state index < -0.39 is 0 Å². The van der Waals surface area contributed by atoms with Gasteiger partial charge in [-0.25, -0.2) is 0 Å². The van der Waals surface area contributed by atoms with E-state index in [9.17, 15) is 0 Å². The molecule has 0 aliphatic carbocycles. The van der Waals surface area contributed by atoms with Crippen LogP contribution in [0.5, 0.6) is 0 Å². The Balaban J connectivity index is 0. The zero-order chi connectivity index (χ0) is 14.6. The third-order valence-corrected chi connectivity index (χ3v) is 2.83. The van der Waals surface area contributed by atoms with Gasteiger partial charge in [-0.3, -0.25) is 4.99 Å². The number of ether oxygens (including phenoxy) is 2. The summed E-state index contributed by atoms with van der Waals surface area (Å²) in [5.41, 5.74) is -0.221. The van der Waals surface area contributed by atoms with Crippen molar-refractivity contribution in [1.82, 2.24) is 10.6 Å². The Hall–Kier alpha value is -0.0800. The van der Waals surface area contributed by atoms with Crippen LogP contribution in [0.25, 0.3) is 0 Å². The minimum absolute atomic E-state index is 0. The molecule has 0 aromatic heterocycles. The summed E-state index contributed by atoms with van der Waals surface area (Å²) in [4.78, 5) is 4.53. The van der Waals surface area contributed by atoms with Crippen LogP contribution in [-0.4, -0.2) is 52.0 Å². The number of methoxy groups -OCH3 is 2. The van der Waals surface area contributed by atoms with Crippen LogP contribution in [0.1, 0.15) is 40.0 Å². The van der Waals surface area contributed by atoms with Crippen LogP contribution in [0.4, 0.5) is 0 Å². The lowest BCUT2D eigenvalue weighted by molar-refractivity contribution is 0.0310. The fourth-order valence-corrected chi connectivity index (χ4v) is 1.43. The van der Waals surface area contributed by atoms with Crippen molar-refractivity contribution in [3.8, 4) is 0 Å². The molecule has 6 heteroatoms. The Labute approximate surface area is 141 Å². The number of rotatable bonds is 10. The summed E-state index contributed by atoms with van der Waals surface area (Å²) in [6.07, 6.45) is 3.41. The first-order chi connectivity index (χ1) is 9.05. The van der Waals surface area contributed by atoms with Crippen molar-refractivity contribution in [1.29, 1.82) is 0 Å². The lowest BCUT2D eigenvalue weighted by Crippen LogP contribution is -2.39. The largest absolute Gasteiger partial charge is 0.385 e. The van der Waals surface area contributed by atoms with Crippen LogP contribution in [0.3, 0.4) is 0 Å². The van der Waals surface area contributed by atoms with E-state index >= 15 is 0 Å². The van der Waals surface area contributed by atoms with Gasteiger partial charge in [0.05, 0.1) is 12.1 Å². The monoisotopic (exact) mass is 401 g/mol. The van der Waals surface area contributed by atoms with Gasteiger partial charge in [0.25, 0.3) is 0 Å². The molecule has 0 heterocycles. The molecule has 2 N–H and O–H groups in total. The molecule has 0 spiro atoms. The van der Waals surface area contributed by atoms with Gasteiger partial charge >= 0.3 is 0 Å². The van der Waals surface area contributed by atoms with Gasteiger partial charge in [-0.15, -0.1) is 24.0 Å². The number of nitrogens with one attached hydrogen (secondary N) is 2. The van der Waals surface area contributed by atoms with Crippen LogP contribution in [0.15, 0.2) is 4.99 Å². The highest BCUT2D eigenvalue weighted by Crippen LogP contribution is 2.06. The van der Waals surface area contributed by atoms with E-state index in [0.717, 1.165) is 38.5 Å². The summed E-state index contributed by atoms with van der Waals surface area (Å²) in [7, 11) is 3.46. The highest BCUT2D eigenvalue weighted by Gasteiger charge is 2.15. The van der Waals surface area contributed by atoms with Gasteiger partial charge < -0.3 is 20.1 Å². The lowest BCUT2D eigenvalue weighted by atomic mass is 10.1. The van der Waals surface area contributed by atoms with E-state index in [2.05, 4.69) is 22.5 Å². The van der Waals surface area contributed by atoms with Crippen LogP contribution in [-0.2, 0) is 9.47 Å². The number of aliphatic imine (C=N–C) groups is 1. The molecule has 20 heavy (non-hydrogen) atoms. The maximum absolute atomic E-state index is 5.36. The standard InChI is InChI=1S/C14H31N3O2.HI/c1-6-15-13(17-12-14(2,3)19-5)16-10-8-7-9-11-18-4;/h6-12H2,1-5H3,(H2,15,16,17);1H. The first-order valence-electron chi connectivity index (χ1n) is 7.12. The number of unbranched alkanes of at least 4 members (excludes halogenated alkanes) is 2. The van der Waals surface area contributed by atoms with Crippen LogP contribution in [0, 0.1) is 0 Å². The van der Waals surface area contributed by atoms with Gasteiger partial charge in [0, 0.05) is 33.9 Å². The Kier molecular flexibility index (Phi) is 15.4. The first-order valence-corrected chi connectivity index (χ1v) is 7.12. The average molecular weight is 401 g/mol. The minimum atomic E-state index is -0.221. The lowest BCUT2D eigenvalue weighted by Gasteiger charge is -2.21. The molecule has 0 aromatic carbocycles. The molecular formula is C14H32IN3O2. The number of halogens is 1. The predicted octanol–water partition coefficient (Wildman–Crippen LogP) is 2.40. The Bertz CT molecular complexity index is 249. The van der Waals surface area contributed by atoms with Crippen molar-refractivity contribution in [3.63, 3.8) is 0 Å². The topological polar surface area (TPSA) is 54.9 Å². The Morgan fingerprint density at radius 3 is 2.35 bits per heavy atom. The SMILES string of the molecule is CCNC(=NCC(C)(C)OC)NCCCCCOC.I. The van der Waals surface area contributed by atoms with E-state index in [-0.39, 0.29) is 29.6 Å². The van der Waals surface area contributed by atoms with Crippen molar-refractivity contribution < 1.29 is 9.47 Å². The summed E-state index contributed by atoms with van der Waals surface area (Å²) >= 11 is 0. The molecule has 0 bridgehead atoms. The molecule has 0 rings (SSSR count). The van der Waals surface area contributed by atoms with E-state index in [1.54, 1.807) is 14.2 Å². The number of nitrogens with zero attached hydrogens (tertiary/aromatic N) is 1. The molecule has 0 aliphatic rings. The molecule has 0 aliphatic heterocycles. The van der Waals surface area contributed by atoms with E-state index in [0.29, 0.717) is 6.54 Å². The van der Waals surface area contributed by atoms with Gasteiger partial charge in [-0.05, 0) is 40.0 Å². The summed E-state index contributed by atoms with van der Waals surface area (Å²) in [5.74, 6) is 0.861. The molecule has 0 unspecified atom stereocenters. The summed E-state index contributed by atoms with van der Waals surface area (Å²) in [6.45, 7) is 9.41. The van der Waals surface area contributed by atoms with Crippen molar-refractivity contribution >= 4 is 29.9 Å². The Morgan fingerprint density at radius 2 is 1.80 bits per heavy atom. The Morgan fingerprint density at radius 1 is 1.10 bits per heavy atom. The number of hydrogen-bond donors (Lipinski definition) is 2. The van der Waals surface area contributed by atoms with Crippen molar-refractivity contribution in [2.45, 2.75) is 45.6 Å². The molecule has 122 valence electrons. The molecule has 0 saturated carbocycles. The normalized spacial score (nSPS) is 11.9. The third-order valence-electron chi connectivity index (χ3n) is 2.83. The number of guanidine groups is 1. The predicted molar refractivity (Wildman–Crippen MR) is 96.2 cm³/mol. The van der Waals surface area contributed by atoms with Crippen molar-refractivity contribution in [3.05, 3.63) is 0 Å². The third kappa shape index (κ3) is 12.9. The van der Waals surface area contributed by atoms with E-state index in [4.69, 9.17) is 9.47 Å². The first kappa shape index (κ1) is 22.2. The fourth-order valence-electron chi connectivity index (χ4n) is 1.43. The van der Waals surface area contributed by atoms with E-state index in [1.807, 2.05) is 13.8 Å². The van der Waals surface area contributed by atoms with Crippen molar-refractivity contribution in [2.75, 3.05) is 40.5 Å². The second-order valence-corrected chi connectivity index (χ2v) is 5.14.